The molecule has 0 fully saturated rings. The number of nitrogens with two attached hydrogens (primary N) is 1. The van der Waals surface area contributed by atoms with E-state index in [4.69, 9.17) is 21.9 Å². The van der Waals surface area contributed by atoms with Crippen LogP contribution in [0.1, 0.15) is 44.6 Å². The maximum Gasteiger partial charge on any atom is 0.278 e. The molecule has 6 nitrogen and oxygen atoms in total. The van der Waals surface area contributed by atoms with Gasteiger partial charge in [0.2, 0.25) is 0 Å². The Bertz CT molecular complexity index is 1070. The van der Waals surface area contributed by atoms with Crippen molar-refractivity contribution < 1.29 is 14.1 Å². The van der Waals surface area contributed by atoms with Crippen molar-refractivity contribution in [2.45, 2.75) is 26.2 Å². The number of carbonyl (C=O) groups excluding carboxylic acids is 2. The zero-order chi connectivity index (χ0) is 19.8. The molecule has 2 aromatic heterocycles. The Kier molecular flexibility index (Phi) is 4.95. The molecule has 0 radical (unpaired) electrons. The van der Waals surface area contributed by atoms with Crippen molar-refractivity contribution >= 4 is 39.8 Å². The molecule has 1 atom stereocenters. The van der Waals surface area contributed by atoms with Gasteiger partial charge in [0.05, 0.1) is 5.56 Å². The summed E-state index contributed by atoms with van der Waals surface area (Å²) in [4.78, 5) is 25.8. The molecule has 1 unspecified atom stereocenters. The summed E-state index contributed by atoms with van der Waals surface area (Å²) in [5.74, 6) is 0.00147. The predicted octanol–water partition coefficient (Wildman–Crippen LogP) is 4.53. The lowest BCUT2D eigenvalue weighted by Gasteiger charge is -2.18. The molecule has 8 heteroatoms. The van der Waals surface area contributed by atoms with Gasteiger partial charge in [-0.3, -0.25) is 9.59 Å². The summed E-state index contributed by atoms with van der Waals surface area (Å²) in [6, 6.07) is 8.62. The molecule has 0 aliphatic heterocycles. The largest absolute Gasteiger partial charge is 0.365 e. The lowest BCUT2D eigenvalue weighted by Crippen LogP contribution is -2.19. The minimum atomic E-state index is -0.526. The van der Waals surface area contributed by atoms with Crippen LogP contribution in [0, 0.1) is 5.92 Å². The molecule has 2 amide bonds. The highest BCUT2D eigenvalue weighted by atomic mass is 35.5. The number of anilines is 1. The zero-order valence-electron chi connectivity index (χ0n) is 15.1. The number of primary amides is 1. The van der Waals surface area contributed by atoms with Crippen LogP contribution in [0.3, 0.4) is 0 Å². The van der Waals surface area contributed by atoms with Gasteiger partial charge < -0.3 is 15.6 Å². The van der Waals surface area contributed by atoms with E-state index in [9.17, 15) is 9.59 Å². The number of rotatable bonds is 4. The van der Waals surface area contributed by atoms with E-state index in [-0.39, 0.29) is 5.69 Å². The number of hydrogen-bond donors (Lipinski definition) is 2. The molecule has 0 saturated carbocycles. The summed E-state index contributed by atoms with van der Waals surface area (Å²) in [7, 11) is 0. The van der Waals surface area contributed by atoms with Crippen molar-refractivity contribution in [3.8, 4) is 11.3 Å². The molecule has 0 saturated heterocycles. The van der Waals surface area contributed by atoms with Crippen LogP contribution in [0.25, 0.3) is 11.3 Å². The Labute approximate surface area is 170 Å². The number of nitrogens with one attached hydrogen (secondary N) is 1. The van der Waals surface area contributed by atoms with Crippen LogP contribution in [-0.4, -0.2) is 17.0 Å². The van der Waals surface area contributed by atoms with Crippen molar-refractivity contribution in [2.24, 2.45) is 11.7 Å². The molecule has 1 aliphatic rings. The fourth-order valence-electron chi connectivity index (χ4n) is 3.43. The van der Waals surface area contributed by atoms with E-state index in [1.54, 1.807) is 24.3 Å². The van der Waals surface area contributed by atoms with E-state index in [0.29, 0.717) is 27.3 Å². The predicted molar refractivity (Wildman–Crippen MR) is 109 cm³/mol. The van der Waals surface area contributed by atoms with Crippen molar-refractivity contribution in [3.63, 3.8) is 0 Å². The van der Waals surface area contributed by atoms with Crippen molar-refractivity contribution in [2.75, 3.05) is 5.32 Å². The Morgan fingerprint density at radius 2 is 2.18 bits per heavy atom. The van der Waals surface area contributed by atoms with Crippen LogP contribution >= 0.6 is 22.9 Å². The van der Waals surface area contributed by atoms with E-state index in [1.807, 2.05) is 6.07 Å². The van der Waals surface area contributed by atoms with Crippen LogP contribution in [0.5, 0.6) is 0 Å². The Morgan fingerprint density at radius 3 is 2.93 bits per heavy atom. The van der Waals surface area contributed by atoms with Crippen molar-refractivity contribution in [1.82, 2.24) is 5.16 Å². The molecule has 3 aromatic rings. The van der Waals surface area contributed by atoms with Gasteiger partial charge in [0.1, 0.15) is 5.00 Å². The highest BCUT2D eigenvalue weighted by Gasteiger charge is 2.28. The van der Waals surface area contributed by atoms with E-state index in [0.717, 1.165) is 35.3 Å². The highest BCUT2D eigenvalue weighted by molar-refractivity contribution is 7.17. The first-order valence-corrected chi connectivity index (χ1v) is 10.1. The number of amides is 2. The fraction of sp³-hybridized carbons (Fsp3) is 0.250. The van der Waals surface area contributed by atoms with Crippen LogP contribution < -0.4 is 11.1 Å². The quantitative estimate of drug-likeness (QED) is 0.653. The first kappa shape index (κ1) is 18.7. The molecule has 144 valence electrons. The molecule has 0 spiro atoms. The van der Waals surface area contributed by atoms with Crippen LogP contribution in [0.2, 0.25) is 5.02 Å². The third kappa shape index (κ3) is 3.55. The number of fused-ring (bicyclic) bond motifs is 1. The summed E-state index contributed by atoms with van der Waals surface area (Å²) in [6.45, 7) is 2.18. The number of benzene rings is 1. The Hall–Kier alpha value is -2.64. The maximum absolute atomic E-state index is 12.7. The SMILES string of the molecule is CC1CCc2c(sc(NC(=O)c3cc(-c4cccc(Cl)c4)on3)c2C(N)=O)C1. The Morgan fingerprint density at radius 1 is 1.36 bits per heavy atom. The molecule has 2 heterocycles. The number of hydrogen-bond acceptors (Lipinski definition) is 5. The summed E-state index contributed by atoms with van der Waals surface area (Å²) in [6.07, 6.45) is 2.69. The third-order valence-corrected chi connectivity index (χ3v) is 6.24. The Balaban J connectivity index is 1.60. The molecule has 3 N–H and O–H groups in total. The van der Waals surface area contributed by atoms with Gasteiger partial charge in [-0.1, -0.05) is 35.8 Å². The van der Waals surface area contributed by atoms with Gasteiger partial charge in [0.25, 0.3) is 11.8 Å². The number of carbonyl (C=O) groups is 2. The first-order chi connectivity index (χ1) is 13.4. The number of aromatic nitrogens is 1. The minimum Gasteiger partial charge on any atom is -0.365 e. The zero-order valence-corrected chi connectivity index (χ0v) is 16.7. The maximum atomic E-state index is 12.7. The molecule has 4 rings (SSSR count). The van der Waals surface area contributed by atoms with Gasteiger partial charge in [-0.25, -0.2) is 0 Å². The lowest BCUT2D eigenvalue weighted by molar-refractivity contribution is 0.1000. The highest BCUT2D eigenvalue weighted by Crippen LogP contribution is 2.39. The molecule has 28 heavy (non-hydrogen) atoms. The van der Waals surface area contributed by atoms with E-state index in [2.05, 4.69) is 17.4 Å². The second-order valence-electron chi connectivity index (χ2n) is 6.96. The topological polar surface area (TPSA) is 98.2 Å². The molecule has 1 aromatic carbocycles. The van der Waals surface area contributed by atoms with Crippen LogP contribution in [0.15, 0.2) is 34.9 Å². The summed E-state index contributed by atoms with van der Waals surface area (Å²) in [5.41, 5.74) is 7.81. The first-order valence-electron chi connectivity index (χ1n) is 8.90. The average Bonchev–Trinajstić information content (AvgIpc) is 3.26. The van der Waals surface area contributed by atoms with E-state index in [1.165, 1.54) is 11.3 Å². The van der Waals surface area contributed by atoms with Gasteiger partial charge >= 0.3 is 0 Å². The fourth-order valence-corrected chi connectivity index (χ4v) is 5.03. The molecule has 0 bridgehead atoms. The molecule has 1 aliphatic carbocycles. The van der Waals surface area contributed by atoms with Gasteiger partial charge in [-0.2, -0.15) is 0 Å². The van der Waals surface area contributed by atoms with E-state index >= 15 is 0 Å². The standard InChI is InChI=1S/C20H18ClN3O3S/c1-10-5-6-13-16(7-10)28-20(17(13)18(22)25)23-19(26)14-9-15(27-24-14)11-3-2-4-12(21)8-11/h2-4,8-10H,5-7H2,1H3,(H2,22,25)(H,23,26). The second-order valence-corrected chi connectivity index (χ2v) is 8.50. The molecular weight excluding hydrogens is 398 g/mol. The van der Waals surface area contributed by atoms with E-state index < -0.39 is 11.8 Å². The van der Waals surface area contributed by atoms with Gasteiger partial charge in [0.15, 0.2) is 11.5 Å². The van der Waals surface area contributed by atoms with Crippen LogP contribution in [-0.2, 0) is 12.8 Å². The molecular formula is C20H18ClN3O3S. The monoisotopic (exact) mass is 415 g/mol. The van der Waals surface area contributed by atoms with Gasteiger partial charge in [-0.05, 0) is 42.9 Å². The number of halogens is 1. The summed E-state index contributed by atoms with van der Waals surface area (Å²) < 4.78 is 5.28. The normalized spacial score (nSPS) is 15.9. The average molecular weight is 416 g/mol. The van der Waals surface area contributed by atoms with Crippen LogP contribution in [0.4, 0.5) is 5.00 Å². The van der Waals surface area contributed by atoms with Gasteiger partial charge in [0, 0.05) is 21.5 Å². The summed E-state index contributed by atoms with van der Waals surface area (Å²) >= 11 is 7.41. The summed E-state index contributed by atoms with van der Waals surface area (Å²) in [5, 5.41) is 7.67. The lowest BCUT2D eigenvalue weighted by atomic mass is 9.88. The van der Waals surface area contributed by atoms with Crippen molar-refractivity contribution in [1.29, 1.82) is 0 Å². The smallest absolute Gasteiger partial charge is 0.278 e. The van der Waals surface area contributed by atoms with Gasteiger partial charge in [-0.15, -0.1) is 11.3 Å². The number of thiophene rings is 1. The van der Waals surface area contributed by atoms with Crippen molar-refractivity contribution in [3.05, 3.63) is 57.1 Å². The minimum absolute atomic E-state index is 0.116. The third-order valence-electron chi connectivity index (χ3n) is 4.84. The second kappa shape index (κ2) is 7.41. The number of nitrogens with zero attached hydrogens (tertiary/aromatic N) is 1.